The van der Waals surface area contributed by atoms with Crippen LogP contribution in [-0.2, 0) is 7.05 Å². The summed E-state index contributed by atoms with van der Waals surface area (Å²) in [6, 6.07) is 0. The zero-order valence-electron chi connectivity index (χ0n) is 14.7. The van der Waals surface area contributed by atoms with E-state index >= 15 is 0 Å². The Morgan fingerprint density at radius 3 is 2.84 bits per heavy atom. The maximum Gasteiger partial charge on any atom is 0.265 e. The highest BCUT2D eigenvalue weighted by Gasteiger charge is 2.27. The van der Waals surface area contributed by atoms with Gasteiger partial charge in [0.1, 0.15) is 9.88 Å². The molecule has 1 amide bonds. The fourth-order valence-electron chi connectivity index (χ4n) is 3.10. The molecule has 1 aliphatic rings. The Bertz CT molecular complexity index is 701. The van der Waals surface area contributed by atoms with Gasteiger partial charge in [-0.15, -0.1) is 36.2 Å². The van der Waals surface area contributed by atoms with Gasteiger partial charge < -0.3 is 10.2 Å². The van der Waals surface area contributed by atoms with Gasteiger partial charge in [0, 0.05) is 31.9 Å². The molecule has 1 fully saturated rings. The van der Waals surface area contributed by atoms with Crippen molar-refractivity contribution >= 4 is 42.1 Å². The Morgan fingerprint density at radius 2 is 2.20 bits per heavy atom. The number of thiazole rings is 1. The Hall–Kier alpha value is -1.15. The van der Waals surface area contributed by atoms with Crippen molar-refractivity contribution < 1.29 is 4.79 Å². The zero-order chi connectivity index (χ0) is 16.4. The van der Waals surface area contributed by atoms with E-state index < -0.39 is 0 Å². The number of aromatic nitrogens is 3. The lowest BCUT2D eigenvalue weighted by molar-refractivity contribution is 0.0678. The monoisotopic (exact) mass is 405 g/mol. The molecule has 3 rings (SSSR count). The number of hydrogen-bond acceptors (Lipinski definition) is 5. The Labute approximate surface area is 164 Å². The second kappa shape index (κ2) is 9.52. The van der Waals surface area contributed by atoms with Crippen LogP contribution in [0.4, 0.5) is 0 Å². The number of halogens is 2. The molecule has 0 aromatic carbocycles. The fraction of sp³-hybridized carbons (Fsp3) is 0.562. The molecule has 1 unspecified atom stereocenters. The number of nitrogens with one attached hydrogen (secondary N) is 1. The molecule has 1 N–H and O–H groups in total. The van der Waals surface area contributed by atoms with Crippen LogP contribution in [0.5, 0.6) is 0 Å². The maximum atomic E-state index is 12.9. The van der Waals surface area contributed by atoms with Crippen molar-refractivity contribution in [2.45, 2.75) is 19.8 Å². The highest BCUT2D eigenvalue weighted by molar-refractivity contribution is 7.17. The van der Waals surface area contributed by atoms with Gasteiger partial charge >= 0.3 is 0 Å². The van der Waals surface area contributed by atoms with Gasteiger partial charge in [-0.2, -0.15) is 5.10 Å². The summed E-state index contributed by atoms with van der Waals surface area (Å²) in [5.74, 6) is 0.666. The normalized spacial score (nSPS) is 16.9. The summed E-state index contributed by atoms with van der Waals surface area (Å²) in [5, 5.41) is 8.26. The van der Waals surface area contributed by atoms with E-state index in [2.05, 4.69) is 15.4 Å². The first kappa shape index (κ1) is 21.9. The minimum atomic E-state index is 0. The first-order valence-corrected chi connectivity index (χ1v) is 8.80. The van der Waals surface area contributed by atoms with Crippen molar-refractivity contribution in [3.8, 4) is 10.6 Å². The Morgan fingerprint density at radius 1 is 1.44 bits per heavy atom. The molecule has 0 aliphatic carbocycles. The van der Waals surface area contributed by atoms with Gasteiger partial charge in [-0.3, -0.25) is 9.48 Å². The van der Waals surface area contributed by atoms with E-state index in [-0.39, 0.29) is 30.7 Å². The first-order chi connectivity index (χ1) is 11.1. The van der Waals surface area contributed by atoms with Crippen LogP contribution < -0.4 is 5.32 Å². The van der Waals surface area contributed by atoms with Crippen molar-refractivity contribution in [2.24, 2.45) is 13.0 Å². The van der Waals surface area contributed by atoms with Gasteiger partial charge in [0.25, 0.3) is 5.91 Å². The molecule has 2 aromatic rings. The summed E-state index contributed by atoms with van der Waals surface area (Å²) >= 11 is 1.47. The average Bonchev–Trinajstić information content (AvgIpc) is 3.13. The highest BCUT2D eigenvalue weighted by Crippen LogP contribution is 2.29. The third kappa shape index (κ3) is 4.94. The number of amides is 1. The molecular weight excluding hydrogens is 381 g/mol. The van der Waals surface area contributed by atoms with E-state index in [1.54, 1.807) is 10.9 Å². The van der Waals surface area contributed by atoms with Crippen molar-refractivity contribution in [3.63, 3.8) is 0 Å². The third-order valence-electron chi connectivity index (χ3n) is 4.24. The summed E-state index contributed by atoms with van der Waals surface area (Å²) in [4.78, 5) is 20.2. The smallest absolute Gasteiger partial charge is 0.265 e. The van der Waals surface area contributed by atoms with Crippen LogP contribution in [-0.4, -0.2) is 52.3 Å². The van der Waals surface area contributed by atoms with E-state index in [1.807, 2.05) is 32.1 Å². The van der Waals surface area contributed by atoms with Crippen LogP contribution in [0.15, 0.2) is 12.4 Å². The molecule has 0 bridgehead atoms. The summed E-state index contributed by atoms with van der Waals surface area (Å²) < 4.78 is 1.75. The molecule has 6 nitrogen and oxygen atoms in total. The predicted octanol–water partition coefficient (Wildman–Crippen LogP) is 2.77. The van der Waals surface area contributed by atoms with E-state index in [0.717, 1.165) is 47.2 Å². The molecule has 3 heterocycles. The molecule has 0 saturated carbocycles. The van der Waals surface area contributed by atoms with Crippen LogP contribution in [0.25, 0.3) is 10.6 Å². The number of piperidine rings is 1. The second-order valence-electron chi connectivity index (χ2n) is 6.15. The minimum Gasteiger partial charge on any atom is -0.338 e. The Kier molecular flexibility index (Phi) is 8.34. The van der Waals surface area contributed by atoms with Gasteiger partial charge in [0.2, 0.25) is 0 Å². The van der Waals surface area contributed by atoms with Crippen molar-refractivity contribution in [2.75, 3.05) is 26.7 Å². The quantitative estimate of drug-likeness (QED) is 0.848. The molecular formula is C16H25Cl2N5OS. The van der Waals surface area contributed by atoms with Gasteiger partial charge in [-0.05, 0) is 39.3 Å². The predicted molar refractivity (Wildman–Crippen MR) is 106 cm³/mol. The summed E-state index contributed by atoms with van der Waals surface area (Å²) in [6.07, 6.45) is 5.98. The molecule has 0 radical (unpaired) electrons. The lowest BCUT2D eigenvalue weighted by Crippen LogP contribution is -2.42. The highest BCUT2D eigenvalue weighted by atomic mass is 35.5. The van der Waals surface area contributed by atoms with Gasteiger partial charge in [0.05, 0.1) is 11.9 Å². The minimum absolute atomic E-state index is 0. The summed E-state index contributed by atoms with van der Waals surface area (Å²) in [6.45, 7) is 4.56. The molecule has 140 valence electrons. The van der Waals surface area contributed by atoms with Crippen molar-refractivity contribution in [1.29, 1.82) is 0 Å². The van der Waals surface area contributed by atoms with Crippen LogP contribution in [0.3, 0.4) is 0 Å². The maximum absolute atomic E-state index is 12.9. The van der Waals surface area contributed by atoms with Crippen LogP contribution >= 0.6 is 36.2 Å². The number of likely N-dealkylation sites (tertiary alicyclic amines) is 1. The number of nitrogens with zero attached hydrogens (tertiary/aromatic N) is 4. The molecule has 9 heteroatoms. The van der Waals surface area contributed by atoms with E-state index in [1.165, 1.54) is 17.8 Å². The van der Waals surface area contributed by atoms with Crippen LogP contribution in [0.2, 0.25) is 0 Å². The van der Waals surface area contributed by atoms with Crippen LogP contribution in [0.1, 0.15) is 28.2 Å². The number of rotatable bonds is 4. The van der Waals surface area contributed by atoms with E-state index in [4.69, 9.17) is 0 Å². The average molecular weight is 406 g/mol. The Balaban J connectivity index is 0.00000156. The number of aryl methyl sites for hydroxylation is 2. The molecule has 1 aliphatic heterocycles. The van der Waals surface area contributed by atoms with Crippen molar-refractivity contribution in [1.82, 2.24) is 25.0 Å². The zero-order valence-corrected chi connectivity index (χ0v) is 17.1. The standard InChI is InChI=1S/C16H23N5OS.2ClH/c1-11-14(23-15(19-11)13-8-18-20(3)10-13)16(22)21-6-4-5-12(9-21)7-17-2;;/h8,10,12,17H,4-7,9H2,1-3H3;2*1H. The lowest BCUT2D eigenvalue weighted by Gasteiger charge is -2.32. The van der Waals surface area contributed by atoms with E-state index in [0.29, 0.717) is 5.92 Å². The fourth-order valence-corrected chi connectivity index (χ4v) is 4.11. The van der Waals surface area contributed by atoms with E-state index in [9.17, 15) is 4.79 Å². The van der Waals surface area contributed by atoms with Gasteiger partial charge in [0.15, 0.2) is 0 Å². The first-order valence-electron chi connectivity index (χ1n) is 7.98. The molecule has 25 heavy (non-hydrogen) atoms. The topological polar surface area (TPSA) is 63.1 Å². The second-order valence-corrected chi connectivity index (χ2v) is 7.15. The third-order valence-corrected chi connectivity index (χ3v) is 5.44. The lowest BCUT2D eigenvalue weighted by atomic mass is 9.98. The molecule has 1 atom stereocenters. The SMILES string of the molecule is CNCC1CCCN(C(=O)c2sc(-c3cnn(C)c3)nc2C)C1.Cl.Cl. The van der Waals surface area contributed by atoms with Gasteiger partial charge in [-0.1, -0.05) is 0 Å². The summed E-state index contributed by atoms with van der Waals surface area (Å²) in [5.41, 5.74) is 1.78. The largest absolute Gasteiger partial charge is 0.338 e. The number of carbonyl (C=O) groups is 1. The number of hydrogen-bond donors (Lipinski definition) is 1. The number of carbonyl (C=O) groups excluding carboxylic acids is 1. The molecule has 0 spiro atoms. The van der Waals surface area contributed by atoms with Gasteiger partial charge in [-0.25, -0.2) is 4.98 Å². The molecule has 1 saturated heterocycles. The van der Waals surface area contributed by atoms with Crippen LogP contribution in [0, 0.1) is 12.8 Å². The van der Waals surface area contributed by atoms with Crippen molar-refractivity contribution in [3.05, 3.63) is 23.0 Å². The summed E-state index contributed by atoms with van der Waals surface area (Å²) in [7, 11) is 3.85. The molecule has 2 aromatic heterocycles.